The molecule has 0 bridgehead atoms. The van der Waals surface area contributed by atoms with Gasteiger partial charge in [0.05, 0.1) is 11.3 Å². The van der Waals surface area contributed by atoms with Crippen LogP contribution in [0.2, 0.25) is 0 Å². The third-order valence-electron chi connectivity index (χ3n) is 4.68. The molecule has 2 aromatic rings. The van der Waals surface area contributed by atoms with Crippen molar-refractivity contribution < 1.29 is 23.8 Å². The normalized spacial score (nSPS) is 21.7. The monoisotopic (exact) mass is 381 g/mol. The zero-order valence-electron chi connectivity index (χ0n) is 14.9. The lowest BCUT2D eigenvalue weighted by atomic mass is 9.93. The molecule has 0 radical (unpaired) electrons. The van der Waals surface area contributed by atoms with Gasteiger partial charge in [-0.1, -0.05) is 18.2 Å². The molecule has 2 aliphatic heterocycles. The van der Waals surface area contributed by atoms with Crippen LogP contribution in [0.25, 0.3) is 0 Å². The van der Waals surface area contributed by atoms with Crippen LogP contribution in [0, 0.1) is 5.82 Å². The van der Waals surface area contributed by atoms with Gasteiger partial charge in [0.25, 0.3) is 5.91 Å². The van der Waals surface area contributed by atoms with Gasteiger partial charge in [-0.2, -0.15) is 0 Å². The summed E-state index contributed by atoms with van der Waals surface area (Å²) in [5.74, 6) is -2.29. The summed E-state index contributed by atoms with van der Waals surface area (Å²) >= 11 is 0. The number of ketones is 1. The van der Waals surface area contributed by atoms with E-state index in [0.717, 1.165) is 4.90 Å². The fourth-order valence-corrected chi connectivity index (χ4v) is 3.40. The summed E-state index contributed by atoms with van der Waals surface area (Å²) < 4.78 is 20.1. The number of aliphatic hydroxyl groups is 1. The summed E-state index contributed by atoms with van der Waals surface area (Å²) in [6.07, 6.45) is 4.00. The Hall–Kier alpha value is -3.55. The van der Waals surface area contributed by atoms with Gasteiger partial charge in [-0.25, -0.2) is 14.4 Å². The summed E-state index contributed by atoms with van der Waals surface area (Å²) in [6, 6.07) is 6.11. The van der Waals surface area contributed by atoms with E-state index in [0.29, 0.717) is 12.2 Å². The zero-order chi connectivity index (χ0) is 19.8. The first-order valence-electron chi connectivity index (χ1n) is 8.64. The quantitative estimate of drug-likeness (QED) is 0.876. The van der Waals surface area contributed by atoms with E-state index in [1.807, 2.05) is 0 Å². The molecule has 1 amide bonds. The molecule has 28 heavy (non-hydrogen) atoms. The molecule has 7 nitrogen and oxygen atoms in total. The van der Waals surface area contributed by atoms with Gasteiger partial charge in [-0.05, 0) is 25.1 Å². The number of hydrogen-bond acceptors (Lipinski definition) is 6. The van der Waals surface area contributed by atoms with Gasteiger partial charge >= 0.3 is 0 Å². The van der Waals surface area contributed by atoms with E-state index in [4.69, 9.17) is 4.74 Å². The number of rotatable bonds is 4. The number of halogens is 1. The van der Waals surface area contributed by atoms with Gasteiger partial charge in [0, 0.05) is 24.4 Å². The standard InChI is InChI=1S/C20H16FN3O4/c1-11-7-8-14(28-11)17(25)15-16(12-5-2-3-6-13(12)21)24(19(27)18(15)26)20-22-9-4-10-23-20/h2-7,9-10,14,16,26H,8H2,1H3. The predicted molar refractivity (Wildman–Crippen MR) is 96.6 cm³/mol. The molecule has 0 saturated carbocycles. The molecule has 2 atom stereocenters. The van der Waals surface area contributed by atoms with Crippen molar-refractivity contribution in [2.24, 2.45) is 0 Å². The van der Waals surface area contributed by atoms with E-state index < -0.39 is 35.4 Å². The summed E-state index contributed by atoms with van der Waals surface area (Å²) in [6.45, 7) is 1.71. The lowest BCUT2D eigenvalue weighted by molar-refractivity contribution is -0.124. The predicted octanol–water partition coefficient (Wildman–Crippen LogP) is 2.78. The fourth-order valence-electron chi connectivity index (χ4n) is 3.40. The molecule has 0 aliphatic carbocycles. The Morgan fingerprint density at radius 2 is 1.96 bits per heavy atom. The number of carbonyl (C=O) groups excluding carboxylic acids is 2. The summed E-state index contributed by atoms with van der Waals surface area (Å²) in [4.78, 5) is 35.0. The van der Waals surface area contributed by atoms with E-state index in [1.54, 1.807) is 25.1 Å². The average Bonchev–Trinajstić information content (AvgIpc) is 3.24. The van der Waals surface area contributed by atoms with Crippen LogP contribution in [0.4, 0.5) is 10.3 Å². The first kappa shape index (κ1) is 17.8. The van der Waals surface area contributed by atoms with Gasteiger partial charge in [-0.3, -0.25) is 14.5 Å². The van der Waals surface area contributed by atoms with E-state index in [9.17, 15) is 19.1 Å². The fraction of sp³-hybridized carbons (Fsp3) is 0.200. The summed E-state index contributed by atoms with van der Waals surface area (Å²) in [7, 11) is 0. The smallest absolute Gasteiger partial charge is 0.296 e. The number of allylic oxidation sites excluding steroid dienone is 1. The lowest BCUT2D eigenvalue weighted by Gasteiger charge is -2.25. The van der Waals surface area contributed by atoms with Crippen LogP contribution < -0.4 is 4.90 Å². The molecule has 1 aromatic heterocycles. The number of aromatic nitrogens is 2. The van der Waals surface area contributed by atoms with Crippen LogP contribution in [0.5, 0.6) is 0 Å². The average molecular weight is 381 g/mol. The highest BCUT2D eigenvalue weighted by Gasteiger charge is 2.48. The number of aliphatic hydroxyl groups excluding tert-OH is 1. The number of nitrogens with zero attached hydrogens (tertiary/aromatic N) is 3. The Morgan fingerprint density at radius 3 is 2.61 bits per heavy atom. The largest absolute Gasteiger partial charge is 0.503 e. The van der Waals surface area contributed by atoms with Crippen LogP contribution in [0.15, 0.2) is 65.9 Å². The molecule has 142 valence electrons. The Bertz CT molecular complexity index is 1020. The second kappa shape index (κ2) is 6.88. The van der Waals surface area contributed by atoms with Crippen molar-refractivity contribution in [3.63, 3.8) is 0 Å². The topological polar surface area (TPSA) is 92.6 Å². The number of ether oxygens (including phenoxy) is 1. The van der Waals surface area contributed by atoms with Crippen LogP contribution >= 0.6 is 0 Å². The van der Waals surface area contributed by atoms with Crippen molar-refractivity contribution in [3.05, 3.63) is 77.3 Å². The number of Topliss-reactive ketones (excluding diaryl/α,β-unsaturated/α-hetero) is 1. The number of amides is 1. The number of benzene rings is 1. The maximum atomic E-state index is 14.6. The van der Waals surface area contributed by atoms with Gasteiger partial charge in [0.2, 0.25) is 11.7 Å². The van der Waals surface area contributed by atoms with Crippen molar-refractivity contribution in [2.45, 2.75) is 25.5 Å². The van der Waals surface area contributed by atoms with Crippen LogP contribution in [-0.2, 0) is 14.3 Å². The molecule has 8 heteroatoms. The Labute approximate surface area is 159 Å². The van der Waals surface area contributed by atoms with E-state index in [1.165, 1.54) is 30.6 Å². The SMILES string of the molecule is CC1=CCC(C(=O)C2=C(O)C(=O)N(c3ncccn3)C2c2ccccc2F)O1. The molecule has 2 aliphatic rings. The third kappa shape index (κ3) is 2.83. The first-order chi connectivity index (χ1) is 13.5. The summed E-state index contributed by atoms with van der Waals surface area (Å²) in [5, 5.41) is 10.5. The molecule has 4 rings (SSSR count). The van der Waals surface area contributed by atoms with Gasteiger partial charge in [-0.15, -0.1) is 0 Å². The van der Waals surface area contributed by atoms with E-state index in [2.05, 4.69) is 9.97 Å². The maximum Gasteiger partial charge on any atom is 0.296 e. The van der Waals surface area contributed by atoms with E-state index in [-0.39, 0.29) is 17.1 Å². The molecule has 1 aromatic carbocycles. The number of hydrogen-bond donors (Lipinski definition) is 1. The third-order valence-corrected chi connectivity index (χ3v) is 4.68. The van der Waals surface area contributed by atoms with Crippen molar-refractivity contribution in [3.8, 4) is 0 Å². The minimum absolute atomic E-state index is 0.0447. The molecular weight excluding hydrogens is 365 g/mol. The van der Waals surface area contributed by atoms with Crippen molar-refractivity contribution in [2.75, 3.05) is 4.90 Å². The highest BCUT2D eigenvalue weighted by atomic mass is 19.1. The van der Waals surface area contributed by atoms with Crippen molar-refractivity contribution in [1.82, 2.24) is 9.97 Å². The molecule has 0 fully saturated rings. The van der Waals surface area contributed by atoms with Crippen molar-refractivity contribution >= 4 is 17.6 Å². The second-order valence-corrected chi connectivity index (χ2v) is 6.43. The van der Waals surface area contributed by atoms with Gasteiger partial charge in [0.15, 0.2) is 11.9 Å². The Kier molecular flexibility index (Phi) is 4.38. The van der Waals surface area contributed by atoms with Crippen LogP contribution in [0.3, 0.4) is 0 Å². The molecule has 0 saturated heterocycles. The summed E-state index contributed by atoms with van der Waals surface area (Å²) in [5.41, 5.74) is -0.172. The zero-order valence-corrected chi connectivity index (χ0v) is 14.9. The molecule has 3 heterocycles. The number of anilines is 1. The maximum absolute atomic E-state index is 14.6. The lowest BCUT2D eigenvalue weighted by Crippen LogP contribution is -2.34. The highest BCUT2D eigenvalue weighted by molar-refractivity contribution is 6.17. The van der Waals surface area contributed by atoms with Crippen molar-refractivity contribution in [1.29, 1.82) is 0 Å². The minimum Gasteiger partial charge on any atom is -0.503 e. The number of carbonyl (C=O) groups is 2. The van der Waals surface area contributed by atoms with Gasteiger partial charge < -0.3 is 9.84 Å². The highest BCUT2D eigenvalue weighted by Crippen LogP contribution is 2.41. The minimum atomic E-state index is -1.20. The Balaban J connectivity index is 1.84. The first-order valence-corrected chi connectivity index (χ1v) is 8.64. The van der Waals surface area contributed by atoms with Gasteiger partial charge in [0.1, 0.15) is 11.9 Å². The van der Waals surface area contributed by atoms with Crippen LogP contribution in [0.1, 0.15) is 24.9 Å². The molecule has 1 N–H and O–H groups in total. The second-order valence-electron chi connectivity index (χ2n) is 6.43. The van der Waals surface area contributed by atoms with Crippen LogP contribution in [-0.4, -0.2) is 32.9 Å². The molecular formula is C20H16FN3O4. The Morgan fingerprint density at radius 1 is 1.25 bits per heavy atom. The molecule has 0 spiro atoms. The molecule has 2 unspecified atom stereocenters. The van der Waals surface area contributed by atoms with E-state index >= 15 is 0 Å².